The Labute approximate surface area is 195 Å². The molecule has 33 heavy (non-hydrogen) atoms. The van der Waals surface area contributed by atoms with Gasteiger partial charge in [-0.05, 0) is 32.1 Å². The molecule has 0 atom stereocenters. The predicted molar refractivity (Wildman–Crippen MR) is 126 cm³/mol. The zero-order valence-corrected chi connectivity index (χ0v) is 19.8. The van der Waals surface area contributed by atoms with Gasteiger partial charge >= 0.3 is 0 Å². The Kier molecular flexibility index (Phi) is 6.17. The Morgan fingerprint density at radius 3 is 2.55 bits per heavy atom. The zero-order valence-electron chi connectivity index (χ0n) is 19.0. The van der Waals surface area contributed by atoms with E-state index in [1.54, 1.807) is 22.2 Å². The average molecular weight is 477 g/mol. The first-order valence-electron chi connectivity index (χ1n) is 11.7. The molecule has 5 rings (SSSR count). The largest absolute Gasteiger partial charge is 0.365 e. The maximum absolute atomic E-state index is 13.5. The highest BCUT2D eigenvalue weighted by Crippen LogP contribution is 2.34. The number of hydrogen-bond acceptors (Lipinski definition) is 8. The molecular formula is C22H30F2N8S. The Morgan fingerprint density at radius 1 is 1.12 bits per heavy atom. The molecule has 1 saturated heterocycles. The number of likely N-dealkylation sites (tertiary alicyclic amines) is 1. The third kappa shape index (κ3) is 5.08. The molecule has 0 aromatic carbocycles. The summed E-state index contributed by atoms with van der Waals surface area (Å²) in [5.74, 6) is -1.21. The average Bonchev–Trinajstić information content (AvgIpc) is 3.40. The highest BCUT2D eigenvalue weighted by molar-refractivity contribution is 7.18. The van der Waals surface area contributed by atoms with Crippen molar-refractivity contribution in [2.24, 2.45) is 7.05 Å². The van der Waals surface area contributed by atoms with Crippen molar-refractivity contribution in [1.29, 1.82) is 0 Å². The topological polar surface area (TPSA) is 83.8 Å². The van der Waals surface area contributed by atoms with Crippen LogP contribution in [0.2, 0.25) is 0 Å². The number of aryl methyl sites for hydroxylation is 2. The van der Waals surface area contributed by atoms with Gasteiger partial charge in [0, 0.05) is 51.3 Å². The van der Waals surface area contributed by atoms with Crippen LogP contribution in [-0.4, -0.2) is 60.7 Å². The van der Waals surface area contributed by atoms with Gasteiger partial charge < -0.3 is 10.6 Å². The van der Waals surface area contributed by atoms with Gasteiger partial charge in [0.2, 0.25) is 5.95 Å². The van der Waals surface area contributed by atoms with Crippen molar-refractivity contribution in [2.75, 3.05) is 23.7 Å². The lowest BCUT2D eigenvalue weighted by Crippen LogP contribution is -2.47. The fraction of sp³-hybridized carbons (Fsp3) is 0.636. The molecule has 0 unspecified atom stereocenters. The molecule has 0 spiro atoms. The normalized spacial score (nSPS) is 23.6. The number of halogens is 2. The third-order valence-corrected chi connectivity index (χ3v) is 7.74. The lowest BCUT2D eigenvalue weighted by atomic mass is 9.89. The molecule has 0 amide bonds. The van der Waals surface area contributed by atoms with Crippen molar-refractivity contribution < 1.29 is 8.78 Å². The van der Waals surface area contributed by atoms with Crippen LogP contribution < -0.4 is 10.6 Å². The second kappa shape index (κ2) is 9.09. The Morgan fingerprint density at radius 2 is 1.88 bits per heavy atom. The number of anilines is 3. The molecule has 2 N–H and O–H groups in total. The first-order valence-corrected chi connectivity index (χ1v) is 12.5. The molecule has 2 fully saturated rings. The van der Waals surface area contributed by atoms with Crippen molar-refractivity contribution >= 4 is 39.1 Å². The van der Waals surface area contributed by atoms with E-state index in [-0.39, 0.29) is 18.9 Å². The number of thiazole rings is 1. The number of fused-ring (bicyclic) bond motifs is 1. The van der Waals surface area contributed by atoms with Crippen molar-refractivity contribution in [1.82, 2.24) is 29.6 Å². The molecule has 3 aromatic heterocycles. The van der Waals surface area contributed by atoms with Gasteiger partial charge in [0.1, 0.15) is 5.52 Å². The summed E-state index contributed by atoms with van der Waals surface area (Å²) in [5.41, 5.74) is 1.64. The van der Waals surface area contributed by atoms with Crippen LogP contribution in [0.4, 0.5) is 26.2 Å². The minimum atomic E-state index is -2.49. The van der Waals surface area contributed by atoms with Crippen LogP contribution in [0.5, 0.6) is 0 Å². The maximum atomic E-state index is 13.5. The van der Waals surface area contributed by atoms with Crippen LogP contribution in [0.1, 0.15) is 50.5 Å². The summed E-state index contributed by atoms with van der Waals surface area (Å²) in [6.07, 6.45) is 8.43. The van der Waals surface area contributed by atoms with Gasteiger partial charge in [0.15, 0.2) is 10.6 Å². The molecule has 1 saturated carbocycles. The number of rotatable bonds is 6. The predicted octanol–water partition coefficient (Wildman–Crippen LogP) is 4.58. The number of hydrogen-bond donors (Lipinski definition) is 2. The fourth-order valence-electron chi connectivity index (χ4n) is 4.78. The van der Waals surface area contributed by atoms with Crippen LogP contribution in [0.25, 0.3) is 10.3 Å². The molecule has 0 radical (unpaired) electrons. The van der Waals surface area contributed by atoms with E-state index in [1.165, 1.54) is 0 Å². The minimum absolute atomic E-state index is 0.0135. The summed E-state index contributed by atoms with van der Waals surface area (Å²) in [7, 11) is 1.87. The van der Waals surface area contributed by atoms with Crippen LogP contribution in [0, 0.1) is 0 Å². The van der Waals surface area contributed by atoms with Gasteiger partial charge in [0.25, 0.3) is 5.92 Å². The molecule has 0 bridgehead atoms. The molecule has 1 aliphatic heterocycles. The monoisotopic (exact) mass is 476 g/mol. The van der Waals surface area contributed by atoms with Gasteiger partial charge in [0.05, 0.1) is 16.9 Å². The lowest BCUT2D eigenvalue weighted by Gasteiger charge is -2.40. The summed E-state index contributed by atoms with van der Waals surface area (Å²) in [4.78, 5) is 17.3. The van der Waals surface area contributed by atoms with E-state index < -0.39 is 5.92 Å². The van der Waals surface area contributed by atoms with Gasteiger partial charge in [-0.2, -0.15) is 15.1 Å². The first-order chi connectivity index (χ1) is 15.9. The third-order valence-electron chi connectivity index (χ3n) is 6.65. The quantitative estimate of drug-likeness (QED) is 0.539. The van der Waals surface area contributed by atoms with Crippen molar-refractivity contribution in [2.45, 2.75) is 69.9 Å². The number of piperidine rings is 1. The first kappa shape index (κ1) is 22.4. The Bertz CT molecular complexity index is 1100. The van der Waals surface area contributed by atoms with Gasteiger partial charge in [-0.15, -0.1) is 0 Å². The summed E-state index contributed by atoms with van der Waals surface area (Å²) >= 11 is 1.59. The smallest absolute Gasteiger partial charge is 0.250 e. The Balaban J connectivity index is 1.28. The molecule has 178 valence electrons. The van der Waals surface area contributed by atoms with Crippen LogP contribution >= 0.6 is 11.3 Å². The van der Waals surface area contributed by atoms with E-state index in [4.69, 9.17) is 9.97 Å². The van der Waals surface area contributed by atoms with Gasteiger partial charge in [-0.3, -0.25) is 9.58 Å². The van der Waals surface area contributed by atoms with E-state index in [2.05, 4.69) is 32.5 Å². The zero-order chi connectivity index (χ0) is 23.0. The molecule has 4 heterocycles. The van der Waals surface area contributed by atoms with Crippen molar-refractivity contribution in [3.05, 3.63) is 17.4 Å². The van der Waals surface area contributed by atoms with E-state index in [1.807, 2.05) is 13.2 Å². The second-order valence-electron chi connectivity index (χ2n) is 9.08. The standard InChI is InChI=1S/C22H30F2N8S/c1-3-17-28-18-19(29-21(30-20(18)33-17)27-15-12-25-31(2)13-15)26-14-4-6-16(7-5-14)32-10-8-22(23,24)9-11-32/h12-14,16H,3-11H2,1-2H3,(H2,26,27,29,30). The molecule has 11 heteroatoms. The van der Waals surface area contributed by atoms with E-state index in [9.17, 15) is 8.78 Å². The van der Waals surface area contributed by atoms with Crippen molar-refractivity contribution in [3.8, 4) is 0 Å². The molecule has 3 aromatic rings. The molecule has 2 aliphatic rings. The van der Waals surface area contributed by atoms with Crippen molar-refractivity contribution in [3.63, 3.8) is 0 Å². The summed E-state index contributed by atoms with van der Waals surface area (Å²) in [6.45, 7) is 3.10. The van der Waals surface area contributed by atoms with E-state index in [0.717, 1.165) is 59.0 Å². The van der Waals surface area contributed by atoms with Crippen LogP contribution in [0.15, 0.2) is 12.4 Å². The summed E-state index contributed by atoms with van der Waals surface area (Å²) in [6, 6.07) is 0.682. The second-order valence-corrected chi connectivity index (χ2v) is 10.1. The highest BCUT2D eigenvalue weighted by atomic mass is 32.1. The maximum Gasteiger partial charge on any atom is 0.250 e. The fourth-order valence-corrected chi connectivity index (χ4v) is 5.66. The van der Waals surface area contributed by atoms with E-state index >= 15 is 0 Å². The molecule has 1 aliphatic carbocycles. The van der Waals surface area contributed by atoms with Crippen LogP contribution in [0.3, 0.4) is 0 Å². The number of nitrogens with one attached hydrogen (secondary N) is 2. The minimum Gasteiger partial charge on any atom is -0.365 e. The van der Waals surface area contributed by atoms with Gasteiger partial charge in [-0.25, -0.2) is 13.8 Å². The molecular weight excluding hydrogens is 446 g/mol. The Hall–Kier alpha value is -2.40. The summed E-state index contributed by atoms with van der Waals surface area (Å²) in [5, 5.41) is 12.1. The number of alkyl halides is 2. The van der Waals surface area contributed by atoms with Gasteiger partial charge in [-0.1, -0.05) is 18.3 Å². The SMILES string of the molecule is CCc1nc2c(NC3CCC(N4CCC(F)(F)CC4)CC3)nc(Nc3cnn(C)c3)nc2s1. The van der Waals surface area contributed by atoms with Crippen LogP contribution in [-0.2, 0) is 13.5 Å². The summed E-state index contributed by atoms with van der Waals surface area (Å²) < 4.78 is 28.8. The van der Waals surface area contributed by atoms with E-state index in [0.29, 0.717) is 25.1 Å². The highest BCUT2D eigenvalue weighted by Gasteiger charge is 2.37. The number of nitrogens with zero attached hydrogens (tertiary/aromatic N) is 6. The lowest BCUT2D eigenvalue weighted by molar-refractivity contribution is -0.0657. The number of aromatic nitrogens is 5. The molecule has 8 nitrogen and oxygen atoms in total.